The van der Waals surface area contributed by atoms with Crippen LogP contribution in [0.1, 0.15) is 41.6 Å². The summed E-state index contributed by atoms with van der Waals surface area (Å²) in [7, 11) is 0. The van der Waals surface area contributed by atoms with E-state index >= 15 is 0 Å². The molecule has 1 N–H and O–H groups in total. The lowest BCUT2D eigenvalue weighted by atomic mass is 9.71. The molecule has 130 valence electrons. The van der Waals surface area contributed by atoms with Gasteiger partial charge in [-0.05, 0) is 67.4 Å². The van der Waals surface area contributed by atoms with Gasteiger partial charge in [0.25, 0.3) is 5.91 Å². The van der Waals surface area contributed by atoms with Gasteiger partial charge in [0.05, 0.1) is 0 Å². The van der Waals surface area contributed by atoms with E-state index in [2.05, 4.69) is 29.3 Å². The molecule has 0 saturated carbocycles. The molecule has 5 rings (SSSR count). The molecular formula is C22H26N2O. The maximum absolute atomic E-state index is 12.6. The number of rotatable bonds is 4. The lowest BCUT2D eigenvalue weighted by Crippen LogP contribution is -2.48. The van der Waals surface area contributed by atoms with Gasteiger partial charge in [-0.25, -0.2) is 0 Å². The summed E-state index contributed by atoms with van der Waals surface area (Å²) >= 11 is 0. The van der Waals surface area contributed by atoms with E-state index in [0.29, 0.717) is 17.4 Å². The Kier molecular flexibility index (Phi) is 4.58. The van der Waals surface area contributed by atoms with Gasteiger partial charge in [-0.1, -0.05) is 43.3 Å². The third kappa shape index (κ3) is 3.34. The number of anilines is 1. The molecule has 2 aromatic rings. The molecular weight excluding hydrogens is 308 g/mol. The minimum Gasteiger partial charge on any atom is -0.322 e. The number of para-hydroxylation sites is 1. The maximum Gasteiger partial charge on any atom is 0.255 e. The molecule has 2 atom stereocenters. The van der Waals surface area contributed by atoms with E-state index in [-0.39, 0.29) is 5.91 Å². The normalized spacial score (nSPS) is 26.2. The SMILES string of the molecule is CC(c1ccccc1NC(=O)c1ccccc1)C1CN2CCC1CC2. The molecule has 25 heavy (non-hydrogen) atoms. The number of hydrogen-bond acceptors (Lipinski definition) is 2. The van der Waals surface area contributed by atoms with Gasteiger partial charge >= 0.3 is 0 Å². The zero-order valence-electron chi connectivity index (χ0n) is 14.8. The number of hydrogen-bond donors (Lipinski definition) is 1. The van der Waals surface area contributed by atoms with Crippen LogP contribution in [0.5, 0.6) is 0 Å². The molecule has 3 nitrogen and oxygen atoms in total. The van der Waals surface area contributed by atoms with Crippen LogP contribution in [0.3, 0.4) is 0 Å². The minimum absolute atomic E-state index is 0.0332. The lowest BCUT2D eigenvalue weighted by molar-refractivity contribution is 0.0396. The van der Waals surface area contributed by atoms with Crippen molar-refractivity contribution in [3.63, 3.8) is 0 Å². The van der Waals surface area contributed by atoms with Crippen molar-refractivity contribution in [3.8, 4) is 0 Å². The van der Waals surface area contributed by atoms with Crippen LogP contribution >= 0.6 is 0 Å². The average molecular weight is 334 g/mol. The predicted octanol–water partition coefficient (Wildman–Crippen LogP) is 4.38. The fourth-order valence-corrected chi connectivity index (χ4v) is 4.60. The Morgan fingerprint density at radius 2 is 1.72 bits per heavy atom. The largest absolute Gasteiger partial charge is 0.322 e. The van der Waals surface area contributed by atoms with Crippen LogP contribution in [0.25, 0.3) is 0 Å². The van der Waals surface area contributed by atoms with E-state index in [4.69, 9.17) is 0 Å². The van der Waals surface area contributed by atoms with Gasteiger partial charge in [-0.15, -0.1) is 0 Å². The first-order chi connectivity index (χ1) is 12.2. The number of amides is 1. The van der Waals surface area contributed by atoms with Gasteiger partial charge in [-0.2, -0.15) is 0 Å². The highest BCUT2D eigenvalue weighted by atomic mass is 16.1. The highest BCUT2D eigenvalue weighted by molar-refractivity contribution is 6.04. The highest BCUT2D eigenvalue weighted by Crippen LogP contribution is 2.42. The maximum atomic E-state index is 12.6. The topological polar surface area (TPSA) is 32.3 Å². The van der Waals surface area contributed by atoms with Crippen molar-refractivity contribution in [3.05, 3.63) is 65.7 Å². The lowest BCUT2D eigenvalue weighted by Gasteiger charge is -2.47. The zero-order chi connectivity index (χ0) is 17.2. The van der Waals surface area contributed by atoms with Crippen LogP contribution in [0, 0.1) is 11.8 Å². The number of carbonyl (C=O) groups is 1. The van der Waals surface area contributed by atoms with Gasteiger partial charge in [-0.3, -0.25) is 4.79 Å². The van der Waals surface area contributed by atoms with E-state index in [1.807, 2.05) is 42.5 Å². The molecule has 3 fully saturated rings. The molecule has 1 amide bonds. The quantitative estimate of drug-likeness (QED) is 0.900. The summed E-state index contributed by atoms with van der Waals surface area (Å²) in [5.74, 6) is 1.95. The van der Waals surface area contributed by atoms with Crippen molar-refractivity contribution in [1.29, 1.82) is 0 Å². The summed E-state index contributed by atoms with van der Waals surface area (Å²) in [5.41, 5.74) is 2.93. The van der Waals surface area contributed by atoms with Crippen LogP contribution in [0.4, 0.5) is 5.69 Å². The number of fused-ring (bicyclic) bond motifs is 3. The van der Waals surface area contributed by atoms with Crippen molar-refractivity contribution in [1.82, 2.24) is 4.90 Å². The van der Waals surface area contributed by atoms with E-state index in [1.165, 1.54) is 38.0 Å². The monoisotopic (exact) mass is 334 g/mol. The Balaban J connectivity index is 1.55. The van der Waals surface area contributed by atoms with Crippen molar-refractivity contribution >= 4 is 11.6 Å². The van der Waals surface area contributed by atoms with Gasteiger partial charge in [0.15, 0.2) is 0 Å². The first kappa shape index (κ1) is 16.3. The van der Waals surface area contributed by atoms with Gasteiger partial charge < -0.3 is 10.2 Å². The zero-order valence-corrected chi connectivity index (χ0v) is 14.8. The number of nitrogens with one attached hydrogen (secondary N) is 1. The van der Waals surface area contributed by atoms with Crippen molar-refractivity contribution in [2.75, 3.05) is 25.0 Å². The minimum atomic E-state index is -0.0332. The van der Waals surface area contributed by atoms with Crippen LogP contribution < -0.4 is 5.32 Å². The molecule has 2 bridgehead atoms. The summed E-state index contributed by atoms with van der Waals surface area (Å²) in [6, 6.07) is 17.8. The Bertz CT molecular complexity index is 735. The summed E-state index contributed by atoms with van der Waals surface area (Å²) in [4.78, 5) is 15.2. The van der Waals surface area contributed by atoms with Gasteiger partial charge in [0, 0.05) is 17.8 Å². The molecule has 3 heterocycles. The first-order valence-electron chi connectivity index (χ1n) is 9.40. The van der Waals surface area contributed by atoms with Crippen LogP contribution in [-0.2, 0) is 0 Å². The average Bonchev–Trinajstić information content (AvgIpc) is 2.69. The number of nitrogens with zero attached hydrogens (tertiary/aromatic N) is 1. The summed E-state index contributed by atoms with van der Waals surface area (Å²) in [6.45, 7) is 6.06. The third-order valence-corrected chi connectivity index (χ3v) is 6.08. The van der Waals surface area contributed by atoms with E-state index in [9.17, 15) is 4.79 Å². The fraction of sp³-hybridized carbons (Fsp3) is 0.409. The second kappa shape index (κ2) is 7.01. The third-order valence-electron chi connectivity index (χ3n) is 6.08. The second-order valence-corrected chi connectivity index (χ2v) is 7.50. The van der Waals surface area contributed by atoms with E-state index in [0.717, 1.165) is 11.6 Å². The van der Waals surface area contributed by atoms with Gasteiger partial charge in [0.2, 0.25) is 0 Å². The fourth-order valence-electron chi connectivity index (χ4n) is 4.60. The number of carbonyl (C=O) groups excluding carboxylic acids is 1. The van der Waals surface area contributed by atoms with Gasteiger partial charge in [0.1, 0.15) is 0 Å². The summed E-state index contributed by atoms with van der Waals surface area (Å²) in [6.07, 6.45) is 2.65. The van der Waals surface area contributed by atoms with Crippen molar-refractivity contribution < 1.29 is 4.79 Å². The number of piperidine rings is 3. The first-order valence-corrected chi connectivity index (χ1v) is 9.40. The molecule has 3 heteroatoms. The molecule has 3 saturated heterocycles. The molecule has 0 spiro atoms. The van der Waals surface area contributed by atoms with Crippen LogP contribution in [0.2, 0.25) is 0 Å². The molecule has 2 aromatic carbocycles. The molecule has 2 unspecified atom stereocenters. The Hall–Kier alpha value is -2.13. The second-order valence-electron chi connectivity index (χ2n) is 7.50. The predicted molar refractivity (Wildman–Crippen MR) is 102 cm³/mol. The Morgan fingerprint density at radius 3 is 2.40 bits per heavy atom. The molecule has 3 aliphatic rings. The summed E-state index contributed by atoms with van der Waals surface area (Å²) in [5, 5.41) is 3.14. The van der Waals surface area contributed by atoms with Crippen molar-refractivity contribution in [2.45, 2.75) is 25.7 Å². The molecule has 3 aliphatic heterocycles. The molecule has 0 aliphatic carbocycles. The summed E-state index contributed by atoms with van der Waals surface area (Å²) < 4.78 is 0. The smallest absolute Gasteiger partial charge is 0.255 e. The Labute approximate surface area is 150 Å². The van der Waals surface area contributed by atoms with Crippen LogP contribution in [0.15, 0.2) is 54.6 Å². The molecule has 0 aromatic heterocycles. The van der Waals surface area contributed by atoms with E-state index < -0.39 is 0 Å². The number of benzene rings is 2. The Morgan fingerprint density at radius 1 is 1.04 bits per heavy atom. The van der Waals surface area contributed by atoms with E-state index in [1.54, 1.807) is 0 Å². The van der Waals surface area contributed by atoms with Crippen LogP contribution in [-0.4, -0.2) is 30.4 Å². The standard InChI is InChI=1S/C22H26N2O/c1-16(20-15-24-13-11-17(20)12-14-24)19-9-5-6-10-21(19)23-22(25)18-7-3-2-4-8-18/h2-10,16-17,20H,11-15H2,1H3,(H,23,25). The van der Waals surface area contributed by atoms with Crippen molar-refractivity contribution in [2.24, 2.45) is 11.8 Å². The molecule has 0 radical (unpaired) electrons. The highest BCUT2D eigenvalue weighted by Gasteiger charge is 2.37.